The molecule has 0 aliphatic heterocycles. The van der Waals surface area contributed by atoms with Crippen molar-refractivity contribution in [2.45, 2.75) is 45.8 Å². The molecule has 0 aliphatic rings. The van der Waals surface area contributed by atoms with Crippen LogP contribution < -0.4 is 9.62 Å². The Morgan fingerprint density at radius 1 is 1.06 bits per heavy atom. The van der Waals surface area contributed by atoms with Crippen molar-refractivity contribution >= 4 is 78.3 Å². The minimum Gasteiger partial charge on any atom is -0.350 e. The zero-order valence-electron chi connectivity index (χ0n) is 19.9. The SMILES string of the molecule is C[C@@H](C(=O)NC(C)(C)C)N(Cc1cccc(Br)c1)C(=O)CN(c1cc(Cl)c(Cl)cc1Cl)S(C)(=O)=O. The van der Waals surface area contributed by atoms with E-state index in [2.05, 4.69) is 21.2 Å². The summed E-state index contributed by atoms with van der Waals surface area (Å²) in [6, 6.07) is 8.97. The van der Waals surface area contributed by atoms with E-state index in [1.165, 1.54) is 17.0 Å². The van der Waals surface area contributed by atoms with Crippen molar-refractivity contribution in [3.8, 4) is 0 Å². The molecule has 0 saturated carbocycles. The van der Waals surface area contributed by atoms with Crippen LogP contribution in [0.3, 0.4) is 0 Å². The third-order valence-electron chi connectivity index (χ3n) is 4.85. The van der Waals surface area contributed by atoms with Crippen molar-refractivity contribution in [3.05, 3.63) is 61.5 Å². The van der Waals surface area contributed by atoms with Crippen LogP contribution in [-0.4, -0.2) is 49.5 Å². The topological polar surface area (TPSA) is 86.8 Å². The molecule has 0 unspecified atom stereocenters. The molecule has 0 aliphatic carbocycles. The molecule has 1 N–H and O–H groups in total. The first-order chi connectivity index (χ1) is 16.0. The van der Waals surface area contributed by atoms with Crippen molar-refractivity contribution in [2.24, 2.45) is 0 Å². The molecule has 0 aromatic heterocycles. The van der Waals surface area contributed by atoms with Gasteiger partial charge in [-0.3, -0.25) is 13.9 Å². The molecule has 2 amide bonds. The minimum absolute atomic E-state index is 0.00567. The lowest BCUT2D eigenvalue weighted by molar-refractivity contribution is -0.140. The number of nitrogens with one attached hydrogen (secondary N) is 1. The number of halogens is 4. The molecule has 192 valence electrons. The van der Waals surface area contributed by atoms with Crippen LogP contribution >= 0.6 is 50.7 Å². The van der Waals surface area contributed by atoms with Gasteiger partial charge in [0.15, 0.2) is 0 Å². The van der Waals surface area contributed by atoms with Gasteiger partial charge in [0.2, 0.25) is 21.8 Å². The Bertz CT molecular complexity index is 1220. The molecule has 0 saturated heterocycles. The number of carbonyl (C=O) groups is 2. The zero-order valence-corrected chi connectivity index (χ0v) is 24.6. The summed E-state index contributed by atoms with van der Waals surface area (Å²) in [4.78, 5) is 27.8. The minimum atomic E-state index is -3.96. The lowest BCUT2D eigenvalue weighted by atomic mass is 10.1. The van der Waals surface area contributed by atoms with Crippen molar-refractivity contribution in [1.82, 2.24) is 10.2 Å². The van der Waals surface area contributed by atoms with Crippen LogP contribution in [0, 0.1) is 0 Å². The predicted molar refractivity (Wildman–Crippen MR) is 146 cm³/mol. The third-order valence-corrected chi connectivity index (χ3v) is 7.49. The van der Waals surface area contributed by atoms with E-state index >= 15 is 0 Å². The van der Waals surface area contributed by atoms with Crippen LogP contribution in [0.25, 0.3) is 0 Å². The summed E-state index contributed by atoms with van der Waals surface area (Å²) in [7, 11) is -3.96. The molecule has 2 aromatic rings. The normalized spacial score (nSPS) is 12.7. The number of nitrogens with zero attached hydrogens (tertiary/aromatic N) is 2. The average molecular weight is 628 g/mol. The maximum absolute atomic E-state index is 13.6. The first kappa shape index (κ1) is 29.7. The summed E-state index contributed by atoms with van der Waals surface area (Å²) in [5, 5.41) is 3.09. The van der Waals surface area contributed by atoms with E-state index in [0.29, 0.717) is 0 Å². The Hall–Kier alpha value is -1.52. The van der Waals surface area contributed by atoms with E-state index in [-0.39, 0.29) is 33.2 Å². The van der Waals surface area contributed by atoms with Gasteiger partial charge in [0, 0.05) is 16.6 Å². The standard InChI is InChI=1S/C23H27BrCl3N3O4S/c1-14(22(32)28-23(2,3)4)29(12-15-7-6-8-16(24)9-15)21(31)13-30(35(5,33)34)20-11-18(26)17(25)10-19(20)27/h6-11,14H,12-13H2,1-5H3,(H,28,32)/t14-/m0/s1. The molecule has 12 heteroatoms. The van der Waals surface area contributed by atoms with Gasteiger partial charge in [-0.25, -0.2) is 8.42 Å². The largest absolute Gasteiger partial charge is 0.350 e. The number of sulfonamides is 1. The molecule has 0 spiro atoms. The maximum atomic E-state index is 13.6. The van der Waals surface area contributed by atoms with Crippen molar-refractivity contribution in [2.75, 3.05) is 17.1 Å². The molecule has 0 bridgehead atoms. The monoisotopic (exact) mass is 625 g/mol. The lowest BCUT2D eigenvalue weighted by Gasteiger charge is -2.33. The highest BCUT2D eigenvalue weighted by atomic mass is 79.9. The highest BCUT2D eigenvalue weighted by Crippen LogP contribution is 2.35. The lowest BCUT2D eigenvalue weighted by Crippen LogP contribution is -2.54. The second-order valence-electron chi connectivity index (χ2n) is 9.05. The van der Waals surface area contributed by atoms with E-state index in [0.717, 1.165) is 20.6 Å². The number of hydrogen-bond donors (Lipinski definition) is 1. The van der Waals surface area contributed by atoms with Gasteiger partial charge < -0.3 is 10.2 Å². The number of benzene rings is 2. The van der Waals surface area contributed by atoms with Gasteiger partial charge in [0.25, 0.3) is 0 Å². The molecular formula is C23H27BrCl3N3O4S. The van der Waals surface area contributed by atoms with Crippen LogP contribution in [-0.2, 0) is 26.2 Å². The Morgan fingerprint density at radius 2 is 1.66 bits per heavy atom. The second kappa shape index (κ2) is 11.7. The summed E-state index contributed by atoms with van der Waals surface area (Å²) in [5.41, 5.74) is 0.232. The summed E-state index contributed by atoms with van der Waals surface area (Å²) in [5.74, 6) is -0.978. The molecule has 0 radical (unpaired) electrons. The third kappa shape index (κ3) is 8.53. The number of amides is 2. The highest BCUT2D eigenvalue weighted by Gasteiger charge is 2.32. The van der Waals surface area contributed by atoms with Crippen molar-refractivity contribution in [3.63, 3.8) is 0 Å². The summed E-state index contributed by atoms with van der Waals surface area (Å²) >= 11 is 21.7. The number of carbonyl (C=O) groups excluding carboxylic acids is 2. The highest BCUT2D eigenvalue weighted by molar-refractivity contribution is 9.10. The van der Waals surface area contributed by atoms with Gasteiger partial charge in [0.05, 0.1) is 27.0 Å². The fraction of sp³-hybridized carbons (Fsp3) is 0.391. The van der Waals surface area contributed by atoms with Crippen LogP contribution in [0.5, 0.6) is 0 Å². The quantitative estimate of drug-likeness (QED) is 0.392. The smallest absolute Gasteiger partial charge is 0.244 e. The maximum Gasteiger partial charge on any atom is 0.244 e. The van der Waals surface area contributed by atoms with Gasteiger partial charge in [-0.15, -0.1) is 0 Å². The Morgan fingerprint density at radius 3 is 2.20 bits per heavy atom. The Balaban J connectivity index is 2.48. The molecule has 2 aromatic carbocycles. The van der Waals surface area contributed by atoms with Gasteiger partial charge in [-0.05, 0) is 57.5 Å². The first-order valence-corrected chi connectivity index (χ1v) is 14.3. The molecular weight excluding hydrogens is 601 g/mol. The molecule has 35 heavy (non-hydrogen) atoms. The van der Waals surface area contributed by atoms with Gasteiger partial charge >= 0.3 is 0 Å². The van der Waals surface area contributed by atoms with Crippen LogP contribution in [0.4, 0.5) is 5.69 Å². The molecule has 2 rings (SSSR count). The van der Waals surface area contributed by atoms with Gasteiger partial charge in [-0.1, -0.05) is 62.9 Å². The molecule has 1 atom stereocenters. The van der Waals surface area contributed by atoms with Gasteiger partial charge in [0.1, 0.15) is 12.6 Å². The molecule has 0 heterocycles. The van der Waals surface area contributed by atoms with Crippen LogP contribution in [0.15, 0.2) is 40.9 Å². The van der Waals surface area contributed by atoms with E-state index in [1.807, 2.05) is 39.0 Å². The number of anilines is 1. The van der Waals surface area contributed by atoms with E-state index < -0.39 is 34.1 Å². The van der Waals surface area contributed by atoms with E-state index in [9.17, 15) is 18.0 Å². The van der Waals surface area contributed by atoms with E-state index in [1.54, 1.807) is 13.0 Å². The van der Waals surface area contributed by atoms with Crippen LogP contribution in [0.1, 0.15) is 33.3 Å². The zero-order chi connectivity index (χ0) is 26.7. The number of hydrogen-bond acceptors (Lipinski definition) is 4. The Kier molecular flexibility index (Phi) is 9.92. The second-order valence-corrected chi connectivity index (χ2v) is 13.1. The Labute approximate surface area is 229 Å². The predicted octanol–water partition coefficient (Wildman–Crippen LogP) is 5.51. The van der Waals surface area contributed by atoms with Crippen molar-refractivity contribution in [1.29, 1.82) is 0 Å². The van der Waals surface area contributed by atoms with Crippen molar-refractivity contribution < 1.29 is 18.0 Å². The fourth-order valence-electron chi connectivity index (χ4n) is 3.19. The fourth-order valence-corrected chi connectivity index (χ4v) is 5.18. The molecule has 0 fully saturated rings. The number of rotatable bonds is 8. The summed E-state index contributed by atoms with van der Waals surface area (Å²) < 4.78 is 27.0. The summed E-state index contributed by atoms with van der Waals surface area (Å²) in [6.07, 6.45) is 0.952. The summed E-state index contributed by atoms with van der Waals surface area (Å²) in [6.45, 7) is 6.55. The first-order valence-electron chi connectivity index (χ1n) is 10.5. The van der Waals surface area contributed by atoms with Crippen LogP contribution in [0.2, 0.25) is 15.1 Å². The molecule has 7 nitrogen and oxygen atoms in total. The average Bonchev–Trinajstić information content (AvgIpc) is 2.70. The van der Waals surface area contributed by atoms with E-state index in [4.69, 9.17) is 34.8 Å². The van der Waals surface area contributed by atoms with Gasteiger partial charge in [-0.2, -0.15) is 0 Å².